The van der Waals surface area contributed by atoms with Crippen LogP contribution in [0.15, 0.2) is 18.2 Å². The minimum atomic E-state index is -1.01. The number of hydrogen-bond donors (Lipinski definition) is 3. The highest BCUT2D eigenvalue weighted by molar-refractivity contribution is 5.90. The average molecular weight is 284 g/mol. The number of nitrogens with one attached hydrogen (secondary N) is 2. The number of benzene rings is 1. The number of ether oxygens (including phenoxy) is 1. The minimum absolute atomic E-state index is 0.0446. The van der Waals surface area contributed by atoms with Crippen molar-refractivity contribution in [3.8, 4) is 0 Å². The molecule has 0 saturated heterocycles. The molecule has 2 amide bonds. The van der Waals surface area contributed by atoms with Crippen molar-refractivity contribution in [2.24, 2.45) is 0 Å². The molecular formula is C13H17FN2O4. The fourth-order valence-electron chi connectivity index (χ4n) is 1.55. The van der Waals surface area contributed by atoms with Crippen molar-refractivity contribution in [2.75, 3.05) is 19.0 Å². The zero-order valence-electron chi connectivity index (χ0n) is 11.3. The summed E-state index contributed by atoms with van der Waals surface area (Å²) in [6.07, 6.45) is -0.831. The van der Waals surface area contributed by atoms with Crippen LogP contribution in [0.25, 0.3) is 0 Å². The number of carboxylic acid groups (broad SMARTS) is 1. The SMILES string of the molecule is COC(CNC(=O)Nc1cccc(F)c1C)CC(=O)O. The largest absolute Gasteiger partial charge is 0.481 e. The van der Waals surface area contributed by atoms with Gasteiger partial charge in [-0.15, -0.1) is 0 Å². The maximum atomic E-state index is 13.3. The molecule has 1 aromatic rings. The van der Waals surface area contributed by atoms with Crippen LogP contribution in [-0.4, -0.2) is 36.9 Å². The summed E-state index contributed by atoms with van der Waals surface area (Å²) in [5.41, 5.74) is 0.686. The maximum Gasteiger partial charge on any atom is 0.319 e. The number of rotatable bonds is 6. The van der Waals surface area contributed by atoms with Gasteiger partial charge in [-0.2, -0.15) is 0 Å². The molecule has 0 saturated carbocycles. The molecule has 0 spiro atoms. The summed E-state index contributed by atoms with van der Waals surface area (Å²) in [5.74, 6) is -1.43. The second-order valence-electron chi connectivity index (χ2n) is 4.20. The summed E-state index contributed by atoms with van der Waals surface area (Å²) in [7, 11) is 1.36. The Morgan fingerprint density at radius 3 is 2.75 bits per heavy atom. The zero-order valence-corrected chi connectivity index (χ0v) is 11.3. The van der Waals surface area contributed by atoms with Gasteiger partial charge in [0.2, 0.25) is 0 Å². The lowest BCUT2D eigenvalue weighted by atomic mass is 10.2. The summed E-state index contributed by atoms with van der Waals surface area (Å²) >= 11 is 0. The van der Waals surface area contributed by atoms with Crippen LogP contribution in [0.4, 0.5) is 14.9 Å². The third kappa shape index (κ3) is 4.85. The monoisotopic (exact) mass is 284 g/mol. The molecule has 1 unspecified atom stereocenters. The van der Waals surface area contributed by atoms with Crippen molar-refractivity contribution in [2.45, 2.75) is 19.4 Å². The quantitative estimate of drug-likeness (QED) is 0.742. The number of hydrogen-bond acceptors (Lipinski definition) is 3. The van der Waals surface area contributed by atoms with Gasteiger partial charge in [-0.1, -0.05) is 6.07 Å². The highest BCUT2D eigenvalue weighted by Gasteiger charge is 2.14. The van der Waals surface area contributed by atoms with Crippen molar-refractivity contribution < 1.29 is 23.8 Å². The molecule has 0 fully saturated rings. The van der Waals surface area contributed by atoms with Crippen molar-refractivity contribution in [3.05, 3.63) is 29.6 Å². The predicted molar refractivity (Wildman–Crippen MR) is 71.2 cm³/mol. The van der Waals surface area contributed by atoms with E-state index in [-0.39, 0.29) is 13.0 Å². The molecule has 6 nitrogen and oxygen atoms in total. The Morgan fingerprint density at radius 2 is 2.15 bits per heavy atom. The molecule has 0 aliphatic rings. The van der Waals surface area contributed by atoms with Crippen LogP contribution in [0.3, 0.4) is 0 Å². The van der Waals surface area contributed by atoms with Crippen LogP contribution in [0.5, 0.6) is 0 Å². The number of carboxylic acids is 1. The van der Waals surface area contributed by atoms with Crippen LogP contribution in [0.2, 0.25) is 0 Å². The van der Waals surface area contributed by atoms with E-state index in [1.807, 2.05) is 0 Å². The summed E-state index contributed by atoms with van der Waals surface area (Å²) in [6.45, 7) is 1.59. The maximum absolute atomic E-state index is 13.3. The lowest BCUT2D eigenvalue weighted by Gasteiger charge is -2.15. The van der Waals surface area contributed by atoms with Crippen LogP contribution in [-0.2, 0) is 9.53 Å². The molecule has 20 heavy (non-hydrogen) atoms. The molecule has 1 rings (SSSR count). The fourth-order valence-corrected chi connectivity index (χ4v) is 1.55. The van der Waals surface area contributed by atoms with E-state index in [0.29, 0.717) is 11.3 Å². The first-order valence-electron chi connectivity index (χ1n) is 5.98. The fraction of sp³-hybridized carbons (Fsp3) is 0.385. The second kappa shape index (κ2) is 7.44. The summed E-state index contributed by atoms with van der Waals surface area (Å²) in [6, 6.07) is 3.81. The number of aliphatic carboxylic acids is 1. The molecule has 0 heterocycles. The molecule has 7 heteroatoms. The van der Waals surface area contributed by atoms with Gasteiger partial charge in [-0.25, -0.2) is 9.18 Å². The minimum Gasteiger partial charge on any atom is -0.481 e. The van der Waals surface area contributed by atoms with E-state index in [2.05, 4.69) is 10.6 Å². The number of methoxy groups -OCH3 is 1. The molecule has 0 aliphatic heterocycles. The summed E-state index contributed by atoms with van der Waals surface area (Å²) in [5, 5.41) is 13.6. The highest BCUT2D eigenvalue weighted by Crippen LogP contribution is 2.16. The lowest BCUT2D eigenvalue weighted by Crippen LogP contribution is -2.37. The van der Waals surface area contributed by atoms with E-state index in [1.165, 1.54) is 19.2 Å². The number of amides is 2. The van der Waals surface area contributed by atoms with Crippen molar-refractivity contribution >= 4 is 17.7 Å². The number of halogens is 1. The van der Waals surface area contributed by atoms with Gasteiger partial charge in [0.15, 0.2) is 0 Å². The van der Waals surface area contributed by atoms with E-state index in [4.69, 9.17) is 9.84 Å². The van der Waals surface area contributed by atoms with E-state index in [1.54, 1.807) is 13.0 Å². The van der Waals surface area contributed by atoms with E-state index < -0.39 is 23.9 Å². The molecule has 110 valence electrons. The molecule has 1 atom stereocenters. The molecule has 0 bridgehead atoms. The van der Waals surface area contributed by atoms with Crippen LogP contribution in [0.1, 0.15) is 12.0 Å². The van der Waals surface area contributed by atoms with Crippen molar-refractivity contribution in [1.82, 2.24) is 5.32 Å². The van der Waals surface area contributed by atoms with E-state index in [9.17, 15) is 14.0 Å². The van der Waals surface area contributed by atoms with Gasteiger partial charge in [0.05, 0.1) is 12.5 Å². The molecule has 0 aliphatic carbocycles. The number of anilines is 1. The van der Waals surface area contributed by atoms with Gasteiger partial charge in [-0.3, -0.25) is 4.79 Å². The Morgan fingerprint density at radius 1 is 1.45 bits per heavy atom. The van der Waals surface area contributed by atoms with Gasteiger partial charge in [0, 0.05) is 24.9 Å². The first kappa shape index (κ1) is 15.9. The average Bonchev–Trinajstić information content (AvgIpc) is 2.39. The van der Waals surface area contributed by atoms with Crippen molar-refractivity contribution in [1.29, 1.82) is 0 Å². The highest BCUT2D eigenvalue weighted by atomic mass is 19.1. The van der Waals surface area contributed by atoms with Gasteiger partial charge in [0.1, 0.15) is 5.82 Å². The molecule has 0 aromatic heterocycles. The first-order valence-corrected chi connectivity index (χ1v) is 5.98. The van der Waals surface area contributed by atoms with Gasteiger partial charge < -0.3 is 20.5 Å². The molecule has 1 aromatic carbocycles. The smallest absolute Gasteiger partial charge is 0.319 e. The topological polar surface area (TPSA) is 87.7 Å². The van der Waals surface area contributed by atoms with Crippen LogP contribution >= 0.6 is 0 Å². The van der Waals surface area contributed by atoms with Gasteiger partial charge in [-0.05, 0) is 19.1 Å². The molecular weight excluding hydrogens is 267 g/mol. The first-order chi connectivity index (χ1) is 9.43. The van der Waals surface area contributed by atoms with E-state index in [0.717, 1.165) is 0 Å². The third-order valence-electron chi connectivity index (χ3n) is 2.74. The predicted octanol–water partition coefficient (Wildman–Crippen LogP) is 1.75. The Bertz CT molecular complexity index is 493. The summed E-state index contributed by atoms with van der Waals surface area (Å²) in [4.78, 5) is 22.2. The Hall–Kier alpha value is -2.15. The Balaban J connectivity index is 2.51. The summed E-state index contributed by atoms with van der Waals surface area (Å²) < 4.78 is 18.2. The lowest BCUT2D eigenvalue weighted by molar-refractivity contribution is -0.139. The number of carbonyl (C=O) groups excluding carboxylic acids is 1. The van der Waals surface area contributed by atoms with Gasteiger partial charge in [0.25, 0.3) is 0 Å². The number of carbonyl (C=O) groups is 2. The van der Waals surface area contributed by atoms with E-state index >= 15 is 0 Å². The van der Waals surface area contributed by atoms with Crippen LogP contribution < -0.4 is 10.6 Å². The Kier molecular flexibility index (Phi) is 5.92. The standard InChI is InChI=1S/C13H17FN2O4/c1-8-10(14)4-3-5-11(8)16-13(19)15-7-9(20-2)6-12(17)18/h3-5,9H,6-7H2,1-2H3,(H,17,18)(H2,15,16,19). The molecule has 0 radical (unpaired) electrons. The molecule has 3 N–H and O–H groups in total. The second-order valence-corrected chi connectivity index (χ2v) is 4.20. The third-order valence-corrected chi connectivity index (χ3v) is 2.74. The van der Waals surface area contributed by atoms with Gasteiger partial charge >= 0.3 is 12.0 Å². The van der Waals surface area contributed by atoms with Crippen LogP contribution in [0, 0.1) is 12.7 Å². The Labute approximate surface area is 115 Å². The number of urea groups is 1. The van der Waals surface area contributed by atoms with Crippen molar-refractivity contribution in [3.63, 3.8) is 0 Å². The normalized spacial score (nSPS) is 11.8. The zero-order chi connectivity index (χ0) is 15.1.